The summed E-state index contributed by atoms with van der Waals surface area (Å²) in [5.41, 5.74) is -1.97. The second-order valence-electron chi connectivity index (χ2n) is 10.4. The van der Waals surface area contributed by atoms with Crippen LogP contribution in [-0.4, -0.2) is 121 Å². The van der Waals surface area contributed by atoms with Gasteiger partial charge in [0.1, 0.15) is 17.6 Å². The van der Waals surface area contributed by atoms with Crippen LogP contribution in [-0.2, 0) is 28.6 Å². The van der Waals surface area contributed by atoms with E-state index in [1.165, 1.54) is 4.90 Å². The van der Waals surface area contributed by atoms with Crippen molar-refractivity contribution >= 4 is 17.8 Å². The van der Waals surface area contributed by atoms with Gasteiger partial charge in [0, 0.05) is 39.3 Å². The molecule has 2 unspecified atom stereocenters. The van der Waals surface area contributed by atoms with E-state index in [4.69, 9.17) is 14.2 Å². The van der Waals surface area contributed by atoms with Crippen molar-refractivity contribution in [2.45, 2.75) is 49.9 Å². The number of ether oxygens (including phenoxy) is 3. The summed E-state index contributed by atoms with van der Waals surface area (Å²) in [6.07, 6.45) is 5.47. The Morgan fingerprint density at radius 1 is 1.22 bits per heavy atom. The Balaban J connectivity index is 1.63. The lowest BCUT2D eigenvalue weighted by Gasteiger charge is -2.37. The molecular weight excluding hydrogens is 478 g/mol. The topological polar surface area (TPSA) is 109 Å². The molecule has 4 rings (SSSR count). The molecule has 0 aromatic rings. The highest BCUT2D eigenvalue weighted by atomic mass is 16.6. The van der Waals surface area contributed by atoms with E-state index in [1.54, 1.807) is 17.1 Å². The van der Waals surface area contributed by atoms with Crippen molar-refractivity contribution in [3.63, 3.8) is 0 Å². The molecule has 2 bridgehead atoms. The summed E-state index contributed by atoms with van der Waals surface area (Å²) in [6.45, 7) is 13.8. The van der Waals surface area contributed by atoms with Gasteiger partial charge in [-0.15, -0.1) is 13.2 Å². The van der Waals surface area contributed by atoms with Crippen LogP contribution in [0.15, 0.2) is 25.3 Å². The van der Waals surface area contributed by atoms with Gasteiger partial charge in [0.2, 0.25) is 11.8 Å². The predicted molar refractivity (Wildman–Crippen MR) is 135 cm³/mol. The molecule has 0 aromatic carbocycles. The Morgan fingerprint density at radius 3 is 2.62 bits per heavy atom. The molecule has 2 amide bonds. The lowest BCUT2D eigenvalue weighted by molar-refractivity contribution is -0.162. The zero-order valence-electron chi connectivity index (χ0n) is 21.9. The molecule has 10 heteroatoms. The lowest BCUT2D eigenvalue weighted by Crippen LogP contribution is -2.57. The molecule has 1 spiro atoms. The Bertz CT molecular complexity index is 891. The first kappa shape index (κ1) is 27.8. The first-order valence-corrected chi connectivity index (χ1v) is 13.5. The molecule has 4 heterocycles. The van der Waals surface area contributed by atoms with Crippen LogP contribution >= 0.6 is 0 Å². The number of aliphatic hydroxyl groups is 1. The smallest absolute Gasteiger partial charge is 0.312 e. The lowest BCUT2D eigenvalue weighted by atomic mass is 9.65. The summed E-state index contributed by atoms with van der Waals surface area (Å²) >= 11 is 0. The normalized spacial score (nSPS) is 32.9. The number of β-amino-alcohol motifs (C(OH)–C–C–N with tert-alkyl or cyclic N) is 1. The number of fused-ring (bicyclic) bond motifs is 1. The number of hydrogen-bond acceptors (Lipinski definition) is 8. The second-order valence-corrected chi connectivity index (χ2v) is 10.4. The second kappa shape index (κ2) is 11.6. The minimum Gasteiger partial charge on any atom is -0.465 e. The Labute approximate surface area is 219 Å². The Kier molecular flexibility index (Phi) is 8.73. The molecule has 0 saturated carbocycles. The summed E-state index contributed by atoms with van der Waals surface area (Å²) in [5, 5.41) is 9.81. The van der Waals surface area contributed by atoms with E-state index in [0.29, 0.717) is 58.5 Å². The average molecular weight is 520 g/mol. The van der Waals surface area contributed by atoms with E-state index in [1.807, 2.05) is 6.92 Å². The summed E-state index contributed by atoms with van der Waals surface area (Å²) in [4.78, 5) is 46.8. The van der Waals surface area contributed by atoms with Crippen LogP contribution in [0.1, 0.15) is 32.6 Å². The third-order valence-electron chi connectivity index (χ3n) is 8.53. The SMILES string of the molecule is C=CCCOC(=O)[C@H]1[C@H]2C(=O)N(CCO)C(C(=O)N(CC=C)CCN3CCOCC3)C23CC[C@]1(CC)O3. The third kappa shape index (κ3) is 4.84. The van der Waals surface area contributed by atoms with Crippen molar-refractivity contribution in [2.24, 2.45) is 11.8 Å². The summed E-state index contributed by atoms with van der Waals surface area (Å²) < 4.78 is 17.7. The largest absolute Gasteiger partial charge is 0.465 e. The van der Waals surface area contributed by atoms with Gasteiger partial charge >= 0.3 is 5.97 Å². The van der Waals surface area contributed by atoms with Gasteiger partial charge in [-0.1, -0.05) is 19.1 Å². The van der Waals surface area contributed by atoms with Gasteiger partial charge in [-0.3, -0.25) is 19.3 Å². The van der Waals surface area contributed by atoms with E-state index < -0.39 is 35.0 Å². The molecule has 0 radical (unpaired) electrons. The monoisotopic (exact) mass is 519 g/mol. The molecule has 0 aliphatic carbocycles. The highest BCUT2D eigenvalue weighted by Gasteiger charge is 2.79. The van der Waals surface area contributed by atoms with Gasteiger partial charge < -0.3 is 29.1 Å². The fraction of sp³-hybridized carbons (Fsp3) is 0.741. The molecular formula is C27H41N3O7. The maximum Gasteiger partial charge on any atom is 0.312 e. The number of aliphatic hydroxyl groups excluding tert-OH is 1. The predicted octanol–water partition coefficient (Wildman–Crippen LogP) is 0.600. The first-order chi connectivity index (χ1) is 17.9. The Hall–Kier alpha value is -2.27. The van der Waals surface area contributed by atoms with Gasteiger partial charge in [-0.2, -0.15) is 0 Å². The average Bonchev–Trinajstić information content (AvgIpc) is 3.51. The number of esters is 1. The van der Waals surface area contributed by atoms with E-state index >= 15 is 0 Å². The van der Waals surface area contributed by atoms with Crippen molar-refractivity contribution in [3.8, 4) is 0 Å². The zero-order valence-corrected chi connectivity index (χ0v) is 21.9. The van der Waals surface area contributed by atoms with Gasteiger partial charge in [0.25, 0.3) is 0 Å². The number of likely N-dealkylation sites (tertiary alicyclic amines) is 1. The molecule has 1 N–H and O–H groups in total. The standard InChI is InChI=1S/C27H41N3O7/c1-4-7-17-36-25(34)21-20-23(32)30(13-16-31)22(27(20)9-8-26(21,6-3)37-27)24(33)29(10-5-2)12-11-28-14-18-35-19-15-28/h4-5,20-22,31H,1-2,6-19H2,3H3/t20-,21+,22?,26-,27?/m0/s1. The van der Waals surface area contributed by atoms with E-state index in [-0.39, 0.29) is 31.6 Å². The van der Waals surface area contributed by atoms with Crippen LogP contribution in [0.25, 0.3) is 0 Å². The minimum absolute atomic E-state index is 0.000397. The first-order valence-electron chi connectivity index (χ1n) is 13.5. The van der Waals surface area contributed by atoms with Gasteiger partial charge in [-0.25, -0.2) is 0 Å². The maximum absolute atomic E-state index is 14.2. The molecule has 4 aliphatic rings. The summed E-state index contributed by atoms with van der Waals surface area (Å²) in [7, 11) is 0. The van der Waals surface area contributed by atoms with Crippen LogP contribution in [0.4, 0.5) is 0 Å². The van der Waals surface area contributed by atoms with Crippen molar-refractivity contribution in [1.82, 2.24) is 14.7 Å². The van der Waals surface area contributed by atoms with Crippen molar-refractivity contribution in [3.05, 3.63) is 25.3 Å². The quantitative estimate of drug-likeness (QED) is 0.214. The molecule has 4 aliphatic heterocycles. The number of morpholine rings is 1. The molecule has 4 saturated heterocycles. The molecule has 37 heavy (non-hydrogen) atoms. The molecule has 5 atom stereocenters. The number of amides is 2. The summed E-state index contributed by atoms with van der Waals surface area (Å²) in [6, 6.07) is -0.916. The number of rotatable bonds is 13. The fourth-order valence-corrected chi connectivity index (χ4v) is 6.74. The molecule has 4 fully saturated rings. The number of nitrogens with zero attached hydrogens (tertiary/aromatic N) is 3. The number of carbonyl (C=O) groups excluding carboxylic acids is 3. The van der Waals surface area contributed by atoms with Crippen LogP contribution in [0.3, 0.4) is 0 Å². The van der Waals surface area contributed by atoms with Gasteiger partial charge in [-0.05, 0) is 25.7 Å². The Morgan fingerprint density at radius 2 is 1.97 bits per heavy atom. The molecule has 0 aromatic heterocycles. The van der Waals surface area contributed by atoms with Crippen molar-refractivity contribution < 1.29 is 33.7 Å². The summed E-state index contributed by atoms with van der Waals surface area (Å²) in [5.74, 6) is -2.62. The van der Waals surface area contributed by atoms with E-state index in [9.17, 15) is 19.5 Å². The fourth-order valence-electron chi connectivity index (χ4n) is 6.74. The number of carbonyl (C=O) groups is 3. The van der Waals surface area contributed by atoms with E-state index in [2.05, 4.69) is 18.1 Å². The van der Waals surface area contributed by atoms with Crippen LogP contribution in [0, 0.1) is 11.8 Å². The highest BCUT2D eigenvalue weighted by Crippen LogP contribution is 2.64. The highest BCUT2D eigenvalue weighted by molar-refractivity contribution is 5.98. The van der Waals surface area contributed by atoms with E-state index in [0.717, 1.165) is 13.1 Å². The van der Waals surface area contributed by atoms with Crippen LogP contribution in [0.2, 0.25) is 0 Å². The zero-order chi connectivity index (χ0) is 26.6. The maximum atomic E-state index is 14.2. The number of hydrogen-bond donors (Lipinski definition) is 1. The van der Waals surface area contributed by atoms with Gasteiger partial charge in [0.05, 0.1) is 37.9 Å². The molecule has 206 valence electrons. The van der Waals surface area contributed by atoms with Crippen LogP contribution < -0.4 is 0 Å². The minimum atomic E-state index is -1.13. The van der Waals surface area contributed by atoms with Crippen molar-refractivity contribution in [1.29, 1.82) is 0 Å². The van der Waals surface area contributed by atoms with Crippen LogP contribution in [0.5, 0.6) is 0 Å². The van der Waals surface area contributed by atoms with Crippen molar-refractivity contribution in [2.75, 3.05) is 65.7 Å². The molecule has 10 nitrogen and oxygen atoms in total. The van der Waals surface area contributed by atoms with Gasteiger partial charge in [0.15, 0.2) is 0 Å². The third-order valence-corrected chi connectivity index (χ3v) is 8.53.